The van der Waals surface area contributed by atoms with Crippen LogP contribution in [0.5, 0.6) is 0 Å². The molecule has 0 heterocycles. The van der Waals surface area contributed by atoms with Crippen LogP contribution >= 0.6 is 0 Å². The lowest BCUT2D eigenvalue weighted by atomic mass is 10.0. The lowest BCUT2D eigenvalue weighted by molar-refractivity contribution is 0.433. The monoisotopic (exact) mass is 198 g/mol. The Balaban J connectivity index is 2.38. The van der Waals surface area contributed by atoms with Gasteiger partial charge in [0.25, 0.3) is 0 Å². The number of rotatable bonds is 4. The van der Waals surface area contributed by atoms with Crippen molar-refractivity contribution in [3.05, 3.63) is 0 Å². The average Bonchev–Trinajstić information content (AvgIpc) is 2.99. The molecule has 4 heteroatoms. The van der Waals surface area contributed by atoms with Gasteiger partial charge < -0.3 is 5.32 Å². The lowest BCUT2D eigenvalue weighted by Crippen LogP contribution is -2.47. The molecule has 1 aliphatic carbocycles. The third-order valence-corrected chi connectivity index (χ3v) is 2.86. The molecule has 0 aromatic carbocycles. The Morgan fingerprint density at radius 1 is 1.50 bits per heavy atom. The normalized spacial score (nSPS) is 21.6. The van der Waals surface area contributed by atoms with Crippen LogP contribution in [0.2, 0.25) is 0 Å². The van der Waals surface area contributed by atoms with Crippen LogP contribution in [0.4, 0.5) is 0 Å². The summed E-state index contributed by atoms with van der Waals surface area (Å²) in [4.78, 5) is 4.43. The molecule has 1 fully saturated rings. The molecule has 2 unspecified atom stereocenters. The molecule has 0 aromatic heterocycles. The van der Waals surface area contributed by atoms with Crippen molar-refractivity contribution in [1.82, 2.24) is 10.7 Å². The fraction of sp³-hybridized carbons (Fsp3) is 0.900. The minimum atomic E-state index is 0.411. The Labute approximate surface area is 86.3 Å². The molecular formula is C10H22N4. The highest BCUT2D eigenvalue weighted by Crippen LogP contribution is 2.23. The predicted molar refractivity (Wildman–Crippen MR) is 59.8 cm³/mol. The zero-order valence-electron chi connectivity index (χ0n) is 9.38. The number of guanidine groups is 1. The van der Waals surface area contributed by atoms with Crippen LogP contribution < -0.4 is 16.6 Å². The third kappa shape index (κ3) is 3.54. The average molecular weight is 198 g/mol. The summed E-state index contributed by atoms with van der Waals surface area (Å²) in [6, 6.07) is 0.909. The predicted octanol–water partition coefficient (Wildman–Crippen LogP) is 0.992. The maximum Gasteiger partial charge on any atom is 0.206 e. The summed E-state index contributed by atoms with van der Waals surface area (Å²) in [5.41, 5.74) is 2.62. The minimum absolute atomic E-state index is 0.411. The first-order chi connectivity index (χ1) is 6.67. The number of hydrogen-bond donors (Lipinski definition) is 3. The van der Waals surface area contributed by atoms with Gasteiger partial charge in [0.05, 0.1) is 6.04 Å². The van der Waals surface area contributed by atoms with Crippen LogP contribution in [0.15, 0.2) is 4.99 Å². The van der Waals surface area contributed by atoms with Crippen molar-refractivity contribution in [3.63, 3.8) is 0 Å². The molecule has 82 valence electrons. The molecule has 0 radical (unpaired) electrons. The Hall–Kier alpha value is -0.770. The second-order valence-electron chi connectivity index (χ2n) is 4.17. The van der Waals surface area contributed by atoms with E-state index < -0.39 is 0 Å². The van der Waals surface area contributed by atoms with Gasteiger partial charge in [-0.15, -0.1) is 0 Å². The van der Waals surface area contributed by atoms with Crippen molar-refractivity contribution in [2.75, 3.05) is 0 Å². The van der Waals surface area contributed by atoms with Gasteiger partial charge in [-0.3, -0.25) is 5.43 Å². The summed E-state index contributed by atoms with van der Waals surface area (Å²) in [7, 11) is 0. The van der Waals surface area contributed by atoms with Crippen LogP contribution in [0.1, 0.15) is 40.0 Å². The summed E-state index contributed by atoms with van der Waals surface area (Å²) in [5, 5.41) is 3.30. The molecule has 4 N–H and O–H groups in total. The van der Waals surface area contributed by atoms with Gasteiger partial charge >= 0.3 is 0 Å². The quantitative estimate of drug-likeness (QED) is 0.273. The summed E-state index contributed by atoms with van der Waals surface area (Å²) < 4.78 is 0. The number of hydrazine groups is 1. The summed E-state index contributed by atoms with van der Waals surface area (Å²) >= 11 is 0. The van der Waals surface area contributed by atoms with Gasteiger partial charge in [-0.1, -0.05) is 20.3 Å². The van der Waals surface area contributed by atoms with Gasteiger partial charge in [0.2, 0.25) is 5.96 Å². The molecule has 1 rings (SSSR count). The smallest absolute Gasteiger partial charge is 0.206 e. The molecule has 0 aliphatic heterocycles. The molecule has 0 spiro atoms. The Morgan fingerprint density at radius 2 is 2.14 bits per heavy atom. The van der Waals surface area contributed by atoms with E-state index >= 15 is 0 Å². The van der Waals surface area contributed by atoms with Gasteiger partial charge in [0.15, 0.2) is 0 Å². The summed E-state index contributed by atoms with van der Waals surface area (Å²) in [5.74, 6) is 6.76. The van der Waals surface area contributed by atoms with E-state index in [2.05, 4.69) is 36.5 Å². The van der Waals surface area contributed by atoms with E-state index in [9.17, 15) is 0 Å². The second kappa shape index (κ2) is 5.20. The van der Waals surface area contributed by atoms with E-state index in [-0.39, 0.29) is 0 Å². The van der Waals surface area contributed by atoms with Gasteiger partial charge in [-0.25, -0.2) is 10.8 Å². The fourth-order valence-electron chi connectivity index (χ4n) is 1.21. The molecule has 0 saturated heterocycles. The van der Waals surface area contributed by atoms with Crippen molar-refractivity contribution < 1.29 is 0 Å². The van der Waals surface area contributed by atoms with Gasteiger partial charge in [-0.2, -0.15) is 0 Å². The summed E-state index contributed by atoms with van der Waals surface area (Å²) in [6.45, 7) is 6.58. The number of nitrogens with two attached hydrogens (primary N) is 1. The second-order valence-corrected chi connectivity index (χ2v) is 4.17. The largest absolute Gasteiger partial charge is 0.353 e. The Morgan fingerprint density at radius 3 is 2.57 bits per heavy atom. The molecule has 2 atom stereocenters. The van der Waals surface area contributed by atoms with E-state index in [0.717, 1.165) is 12.4 Å². The van der Waals surface area contributed by atoms with Gasteiger partial charge in [-0.05, 0) is 25.7 Å². The van der Waals surface area contributed by atoms with Crippen molar-refractivity contribution in [3.8, 4) is 0 Å². The molecule has 1 aliphatic rings. The highest BCUT2D eigenvalue weighted by molar-refractivity contribution is 5.79. The molecule has 0 aromatic rings. The first-order valence-electron chi connectivity index (χ1n) is 5.48. The number of nitrogens with zero attached hydrogens (tertiary/aromatic N) is 1. The topological polar surface area (TPSA) is 62.4 Å². The van der Waals surface area contributed by atoms with Crippen LogP contribution in [0.3, 0.4) is 0 Å². The van der Waals surface area contributed by atoms with Gasteiger partial charge in [0, 0.05) is 6.04 Å². The van der Waals surface area contributed by atoms with Crippen molar-refractivity contribution in [2.24, 2.45) is 16.8 Å². The highest BCUT2D eigenvalue weighted by Gasteiger charge is 2.21. The molecule has 14 heavy (non-hydrogen) atoms. The maximum atomic E-state index is 5.40. The van der Waals surface area contributed by atoms with Gasteiger partial charge in [0.1, 0.15) is 0 Å². The number of nitrogens with one attached hydrogen (secondary N) is 2. The lowest BCUT2D eigenvalue weighted by Gasteiger charge is -2.21. The maximum absolute atomic E-state index is 5.40. The third-order valence-electron chi connectivity index (χ3n) is 2.86. The van der Waals surface area contributed by atoms with Crippen LogP contribution in [0, 0.1) is 5.92 Å². The molecule has 1 saturated carbocycles. The van der Waals surface area contributed by atoms with Crippen molar-refractivity contribution in [1.29, 1.82) is 0 Å². The van der Waals surface area contributed by atoms with Crippen molar-refractivity contribution in [2.45, 2.75) is 52.1 Å². The zero-order valence-corrected chi connectivity index (χ0v) is 9.38. The SMILES string of the molecule is CCC(C)C(C)NC(=NC1CC1)NN. The van der Waals surface area contributed by atoms with Crippen molar-refractivity contribution >= 4 is 5.96 Å². The standard InChI is InChI=1S/C10H22N4/c1-4-7(2)8(3)12-10(14-11)13-9-5-6-9/h7-9H,4-6,11H2,1-3H3,(H2,12,13,14). The Bertz CT molecular complexity index is 198. The van der Waals surface area contributed by atoms with E-state index in [0.29, 0.717) is 18.0 Å². The van der Waals surface area contributed by atoms with Crippen LogP contribution in [-0.2, 0) is 0 Å². The first kappa shape index (κ1) is 11.3. The summed E-state index contributed by atoms with van der Waals surface area (Å²) in [6.07, 6.45) is 3.56. The van der Waals surface area contributed by atoms with Crippen LogP contribution in [0.25, 0.3) is 0 Å². The Kier molecular flexibility index (Phi) is 4.20. The van der Waals surface area contributed by atoms with E-state index in [4.69, 9.17) is 5.84 Å². The first-order valence-corrected chi connectivity index (χ1v) is 5.48. The fourth-order valence-corrected chi connectivity index (χ4v) is 1.21. The van der Waals surface area contributed by atoms with E-state index in [1.807, 2.05) is 0 Å². The molecular weight excluding hydrogens is 176 g/mol. The highest BCUT2D eigenvalue weighted by atomic mass is 15.3. The van der Waals surface area contributed by atoms with E-state index in [1.54, 1.807) is 0 Å². The molecule has 0 bridgehead atoms. The number of aliphatic imine (C=N–C) groups is 1. The zero-order chi connectivity index (χ0) is 10.6. The minimum Gasteiger partial charge on any atom is -0.353 e. The number of hydrogen-bond acceptors (Lipinski definition) is 2. The molecule has 4 nitrogen and oxygen atoms in total. The van der Waals surface area contributed by atoms with E-state index in [1.165, 1.54) is 12.8 Å². The van der Waals surface area contributed by atoms with Crippen LogP contribution in [-0.4, -0.2) is 18.0 Å². The molecule has 0 amide bonds.